The predicted octanol–water partition coefficient (Wildman–Crippen LogP) is 4.68. The minimum atomic E-state index is -3.87. The molecular formula is C23H24N2O4S2. The van der Waals surface area contributed by atoms with Crippen LogP contribution in [-0.4, -0.2) is 27.2 Å². The van der Waals surface area contributed by atoms with Crippen LogP contribution >= 0.6 is 11.8 Å². The smallest absolute Gasteiger partial charge is 0.262 e. The molecule has 3 rings (SSSR count). The van der Waals surface area contributed by atoms with E-state index in [1.165, 1.54) is 24.9 Å². The molecule has 2 N–H and O–H groups in total. The second kappa shape index (κ2) is 10.4. The van der Waals surface area contributed by atoms with Gasteiger partial charge in [-0.1, -0.05) is 48.5 Å². The molecule has 0 spiro atoms. The van der Waals surface area contributed by atoms with Crippen LogP contribution in [0, 0.1) is 6.92 Å². The molecule has 0 atom stereocenters. The van der Waals surface area contributed by atoms with Crippen LogP contribution in [-0.2, 0) is 20.6 Å². The number of benzene rings is 3. The summed E-state index contributed by atoms with van der Waals surface area (Å²) in [5.41, 5.74) is 2.48. The number of carbonyl (C=O) groups is 1. The van der Waals surface area contributed by atoms with E-state index < -0.39 is 10.0 Å². The number of nitrogens with one attached hydrogen (secondary N) is 2. The van der Waals surface area contributed by atoms with E-state index in [-0.39, 0.29) is 16.6 Å². The number of thioether (sulfide) groups is 1. The largest absolute Gasteiger partial charge is 0.495 e. The van der Waals surface area contributed by atoms with Gasteiger partial charge < -0.3 is 10.1 Å². The number of para-hydroxylation sites is 2. The minimum absolute atomic E-state index is 0.0909. The van der Waals surface area contributed by atoms with Gasteiger partial charge in [0.25, 0.3) is 10.0 Å². The maximum Gasteiger partial charge on any atom is 0.262 e. The standard InChI is InChI=1S/C23H24N2O4S2/c1-17-12-13-19(24-23(26)16-30-15-18-8-4-3-5-9-18)14-22(17)31(27,28)25-20-10-6-7-11-21(20)29-2/h3-14,25H,15-16H2,1-2H3,(H,24,26). The predicted molar refractivity (Wildman–Crippen MR) is 126 cm³/mol. The van der Waals surface area contributed by atoms with Crippen molar-refractivity contribution >= 4 is 39.1 Å². The number of aryl methyl sites for hydroxylation is 1. The van der Waals surface area contributed by atoms with Crippen LogP contribution in [0.3, 0.4) is 0 Å². The first-order chi connectivity index (χ1) is 14.9. The van der Waals surface area contributed by atoms with E-state index in [2.05, 4.69) is 10.0 Å². The van der Waals surface area contributed by atoms with E-state index in [9.17, 15) is 13.2 Å². The summed E-state index contributed by atoms with van der Waals surface area (Å²) >= 11 is 1.50. The normalized spacial score (nSPS) is 11.0. The van der Waals surface area contributed by atoms with Crippen LogP contribution in [0.2, 0.25) is 0 Å². The molecule has 0 aromatic heterocycles. The second-order valence-corrected chi connectivity index (χ2v) is 9.45. The van der Waals surface area contributed by atoms with Gasteiger partial charge in [0.05, 0.1) is 23.4 Å². The van der Waals surface area contributed by atoms with Gasteiger partial charge in [-0.05, 0) is 42.3 Å². The molecule has 0 bridgehead atoms. The number of hydrogen-bond acceptors (Lipinski definition) is 5. The SMILES string of the molecule is COc1ccccc1NS(=O)(=O)c1cc(NC(=O)CSCc2ccccc2)ccc1C. The summed E-state index contributed by atoms with van der Waals surface area (Å²) < 4.78 is 33.7. The van der Waals surface area contributed by atoms with Gasteiger partial charge >= 0.3 is 0 Å². The molecule has 0 unspecified atom stereocenters. The van der Waals surface area contributed by atoms with Crippen molar-refractivity contribution in [2.75, 3.05) is 22.9 Å². The summed E-state index contributed by atoms with van der Waals surface area (Å²) in [5, 5.41) is 2.78. The van der Waals surface area contributed by atoms with Crippen LogP contribution in [0.1, 0.15) is 11.1 Å². The molecule has 0 saturated carbocycles. The Bertz CT molecular complexity index is 1150. The van der Waals surface area contributed by atoms with Gasteiger partial charge in [-0.3, -0.25) is 9.52 Å². The first kappa shape index (κ1) is 22.7. The van der Waals surface area contributed by atoms with Crippen LogP contribution in [0.15, 0.2) is 77.7 Å². The quantitative estimate of drug-likeness (QED) is 0.489. The third-order valence-corrected chi connectivity index (χ3v) is 6.97. The van der Waals surface area contributed by atoms with Gasteiger partial charge in [0.2, 0.25) is 5.91 Å². The van der Waals surface area contributed by atoms with Crippen LogP contribution in [0.4, 0.5) is 11.4 Å². The molecular weight excluding hydrogens is 432 g/mol. The summed E-state index contributed by atoms with van der Waals surface area (Å²) in [6.45, 7) is 1.71. The fourth-order valence-corrected chi connectivity index (χ4v) is 5.06. The topological polar surface area (TPSA) is 84.5 Å². The van der Waals surface area contributed by atoms with Crippen molar-refractivity contribution in [2.45, 2.75) is 17.6 Å². The highest BCUT2D eigenvalue weighted by Gasteiger charge is 2.19. The molecule has 0 aliphatic heterocycles. The highest BCUT2D eigenvalue weighted by atomic mass is 32.2. The van der Waals surface area contributed by atoms with Crippen molar-refractivity contribution in [3.05, 3.63) is 83.9 Å². The molecule has 0 fully saturated rings. The maximum atomic E-state index is 13.0. The molecule has 0 saturated heterocycles. The lowest BCUT2D eigenvalue weighted by Crippen LogP contribution is -2.17. The molecule has 1 amide bonds. The third-order valence-electron chi connectivity index (χ3n) is 4.46. The first-order valence-electron chi connectivity index (χ1n) is 9.57. The number of sulfonamides is 1. The van der Waals surface area contributed by atoms with Crippen molar-refractivity contribution in [3.8, 4) is 5.75 Å². The Morgan fingerprint density at radius 2 is 1.71 bits per heavy atom. The van der Waals surface area contributed by atoms with Gasteiger partial charge in [0, 0.05) is 11.4 Å². The molecule has 0 aliphatic carbocycles. The Morgan fingerprint density at radius 3 is 2.45 bits per heavy atom. The van der Waals surface area contributed by atoms with Gasteiger partial charge in [-0.15, -0.1) is 11.8 Å². The molecule has 8 heteroatoms. The lowest BCUT2D eigenvalue weighted by molar-refractivity contribution is -0.113. The van der Waals surface area contributed by atoms with Crippen molar-refractivity contribution < 1.29 is 17.9 Å². The van der Waals surface area contributed by atoms with Gasteiger partial charge in [0.15, 0.2) is 0 Å². The third kappa shape index (κ3) is 6.26. The highest BCUT2D eigenvalue weighted by Crippen LogP contribution is 2.28. The Kier molecular flexibility index (Phi) is 7.59. The van der Waals surface area contributed by atoms with Gasteiger partial charge in [-0.25, -0.2) is 8.42 Å². The molecule has 162 valence electrons. The minimum Gasteiger partial charge on any atom is -0.495 e. The fourth-order valence-electron chi connectivity index (χ4n) is 2.93. The number of carbonyl (C=O) groups excluding carboxylic acids is 1. The zero-order valence-electron chi connectivity index (χ0n) is 17.3. The van der Waals surface area contributed by atoms with E-state index in [1.54, 1.807) is 43.3 Å². The summed E-state index contributed by atoms with van der Waals surface area (Å²) in [6.07, 6.45) is 0. The molecule has 0 heterocycles. The molecule has 0 radical (unpaired) electrons. The van der Waals surface area contributed by atoms with Gasteiger partial charge in [-0.2, -0.15) is 0 Å². The summed E-state index contributed by atoms with van der Waals surface area (Å²) in [5.74, 6) is 1.23. The zero-order chi connectivity index (χ0) is 22.3. The monoisotopic (exact) mass is 456 g/mol. The van der Waals surface area contributed by atoms with Crippen molar-refractivity contribution in [1.82, 2.24) is 0 Å². The highest BCUT2D eigenvalue weighted by molar-refractivity contribution is 7.99. The van der Waals surface area contributed by atoms with E-state index in [0.717, 1.165) is 11.3 Å². The second-order valence-electron chi connectivity index (χ2n) is 6.81. The van der Waals surface area contributed by atoms with E-state index in [1.807, 2.05) is 30.3 Å². The number of hydrogen-bond donors (Lipinski definition) is 2. The van der Waals surface area contributed by atoms with Gasteiger partial charge in [0.1, 0.15) is 5.75 Å². The van der Waals surface area contributed by atoms with E-state index >= 15 is 0 Å². The van der Waals surface area contributed by atoms with Crippen molar-refractivity contribution in [3.63, 3.8) is 0 Å². The Morgan fingerprint density at radius 1 is 1.00 bits per heavy atom. The number of anilines is 2. The van der Waals surface area contributed by atoms with Crippen molar-refractivity contribution in [1.29, 1.82) is 0 Å². The number of rotatable bonds is 9. The molecule has 3 aromatic rings. The number of amides is 1. The Hall–Kier alpha value is -2.97. The lowest BCUT2D eigenvalue weighted by Gasteiger charge is -2.14. The number of methoxy groups -OCH3 is 1. The Labute approximate surface area is 187 Å². The summed E-state index contributed by atoms with van der Waals surface area (Å²) in [7, 11) is -2.40. The average molecular weight is 457 g/mol. The summed E-state index contributed by atoms with van der Waals surface area (Å²) in [6, 6.07) is 21.5. The maximum absolute atomic E-state index is 13.0. The van der Waals surface area contributed by atoms with Crippen LogP contribution in [0.25, 0.3) is 0 Å². The lowest BCUT2D eigenvalue weighted by atomic mass is 10.2. The average Bonchev–Trinajstić information content (AvgIpc) is 2.76. The van der Waals surface area contributed by atoms with Crippen LogP contribution in [0.5, 0.6) is 5.75 Å². The number of ether oxygens (including phenoxy) is 1. The molecule has 3 aromatic carbocycles. The van der Waals surface area contributed by atoms with Crippen molar-refractivity contribution in [2.24, 2.45) is 0 Å². The Balaban J connectivity index is 1.68. The first-order valence-corrected chi connectivity index (χ1v) is 12.2. The zero-order valence-corrected chi connectivity index (χ0v) is 18.9. The fraction of sp³-hybridized carbons (Fsp3) is 0.174. The molecule has 6 nitrogen and oxygen atoms in total. The molecule has 0 aliphatic rings. The van der Waals surface area contributed by atoms with Crippen LogP contribution < -0.4 is 14.8 Å². The van der Waals surface area contributed by atoms with E-state index in [4.69, 9.17) is 4.74 Å². The summed E-state index contributed by atoms with van der Waals surface area (Å²) in [4.78, 5) is 12.4. The van der Waals surface area contributed by atoms with E-state index in [0.29, 0.717) is 22.7 Å². The molecule has 31 heavy (non-hydrogen) atoms.